The Hall–Kier alpha value is -1.65. The molecule has 1 unspecified atom stereocenters. The van der Waals surface area contributed by atoms with Crippen LogP contribution in [0.2, 0.25) is 0 Å². The molecule has 116 valence electrons. The van der Waals surface area contributed by atoms with Gasteiger partial charge in [0.2, 0.25) is 10.0 Å². The van der Waals surface area contributed by atoms with Gasteiger partial charge in [-0.1, -0.05) is 55.8 Å². The van der Waals surface area contributed by atoms with Crippen LogP contribution < -0.4 is 4.72 Å². The zero-order valence-electron chi connectivity index (χ0n) is 13.1. The van der Waals surface area contributed by atoms with Crippen molar-refractivity contribution in [1.82, 2.24) is 4.72 Å². The highest BCUT2D eigenvalue weighted by Gasteiger charge is 2.38. The van der Waals surface area contributed by atoms with Gasteiger partial charge >= 0.3 is 0 Å². The molecule has 1 aliphatic rings. The molecule has 0 amide bonds. The van der Waals surface area contributed by atoms with E-state index in [-0.39, 0.29) is 11.5 Å². The Morgan fingerprint density at radius 2 is 1.68 bits per heavy atom. The van der Waals surface area contributed by atoms with Gasteiger partial charge in [-0.3, -0.25) is 0 Å². The smallest absolute Gasteiger partial charge is 0.207 e. The fraction of sp³-hybridized carbons (Fsp3) is 0.333. The third-order valence-electron chi connectivity index (χ3n) is 4.41. The van der Waals surface area contributed by atoms with Crippen molar-refractivity contribution in [2.24, 2.45) is 0 Å². The summed E-state index contributed by atoms with van der Waals surface area (Å²) in [6.07, 6.45) is 0.775. The molecule has 0 bridgehead atoms. The van der Waals surface area contributed by atoms with Crippen LogP contribution in [0.4, 0.5) is 0 Å². The number of benzene rings is 2. The van der Waals surface area contributed by atoms with Crippen LogP contribution in [-0.4, -0.2) is 8.42 Å². The van der Waals surface area contributed by atoms with Gasteiger partial charge in [-0.15, -0.1) is 0 Å². The molecular weight excluding hydrogens is 294 g/mol. The topological polar surface area (TPSA) is 46.2 Å². The maximum Gasteiger partial charge on any atom is 0.241 e. The lowest BCUT2D eigenvalue weighted by Crippen LogP contribution is -2.28. The van der Waals surface area contributed by atoms with Gasteiger partial charge < -0.3 is 0 Å². The van der Waals surface area contributed by atoms with E-state index in [1.807, 2.05) is 37.3 Å². The predicted molar refractivity (Wildman–Crippen MR) is 88.3 cm³/mol. The summed E-state index contributed by atoms with van der Waals surface area (Å²) >= 11 is 0. The Labute approximate surface area is 132 Å². The summed E-state index contributed by atoms with van der Waals surface area (Å²) in [5.41, 5.74) is 3.35. The Morgan fingerprint density at radius 3 is 2.36 bits per heavy atom. The summed E-state index contributed by atoms with van der Waals surface area (Å²) in [4.78, 5) is 0.320. The first kappa shape index (κ1) is 15.3. The normalized spacial score (nSPS) is 19.9. The van der Waals surface area contributed by atoms with Gasteiger partial charge in [0.15, 0.2) is 0 Å². The van der Waals surface area contributed by atoms with E-state index in [4.69, 9.17) is 0 Å². The van der Waals surface area contributed by atoms with E-state index in [1.54, 1.807) is 12.1 Å². The minimum atomic E-state index is -3.50. The molecule has 1 aliphatic carbocycles. The molecule has 2 aromatic carbocycles. The molecule has 1 N–H and O–H groups in total. The van der Waals surface area contributed by atoms with Crippen molar-refractivity contribution < 1.29 is 8.42 Å². The molecule has 0 spiro atoms. The lowest BCUT2D eigenvalue weighted by atomic mass is 9.87. The lowest BCUT2D eigenvalue weighted by molar-refractivity contribution is 0.459. The van der Waals surface area contributed by atoms with Crippen LogP contribution in [0.1, 0.15) is 43.0 Å². The second-order valence-corrected chi connectivity index (χ2v) is 8.38. The molecule has 0 aliphatic heterocycles. The number of nitrogens with one attached hydrogen (secondary N) is 1. The van der Waals surface area contributed by atoms with Crippen molar-refractivity contribution in [2.75, 3.05) is 0 Å². The van der Waals surface area contributed by atoms with Crippen molar-refractivity contribution in [3.05, 3.63) is 65.2 Å². The average Bonchev–Trinajstić information content (AvgIpc) is 2.71. The Bertz CT molecular complexity index is 792. The molecule has 0 fully saturated rings. The predicted octanol–water partition coefficient (Wildman–Crippen LogP) is 3.70. The highest BCUT2D eigenvalue weighted by molar-refractivity contribution is 7.89. The van der Waals surface area contributed by atoms with Gasteiger partial charge in [0.1, 0.15) is 0 Å². The molecule has 0 heterocycles. The summed E-state index contributed by atoms with van der Waals surface area (Å²) < 4.78 is 28.1. The molecule has 3 nitrogen and oxygen atoms in total. The summed E-state index contributed by atoms with van der Waals surface area (Å²) in [6.45, 7) is 6.26. The van der Waals surface area contributed by atoms with Crippen LogP contribution in [-0.2, 0) is 15.4 Å². The highest BCUT2D eigenvalue weighted by Crippen LogP contribution is 2.44. The summed E-state index contributed by atoms with van der Waals surface area (Å²) in [5, 5.41) is 0. The first-order valence-corrected chi connectivity index (χ1v) is 8.96. The van der Waals surface area contributed by atoms with Crippen LogP contribution in [0.5, 0.6) is 0 Å². The Kier molecular flexibility index (Phi) is 3.62. The van der Waals surface area contributed by atoms with Gasteiger partial charge in [-0.05, 0) is 42.0 Å². The van der Waals surface area contributed by atoms with Gasteiger partial charge in [-0.25, -0.2) is 13.1 Å². The van der Waals surface area contributed by atoms with E-state index >= 15 is 0 Å². The zero-order valence-corrected chi connectivity index (χ0v) is 13.9. The lowest BCUT2D eigenvalue weighted by Gasteiger charge is -2.19. The van der Waals surface area contributed by atoms with E-state index < -0.39 is 10.0 Å². The third-order valence-corrected chi connectivity index (χ3v) is 5.90. The second-order valence-electron chi connectivity index (χ2n) is 6.66. The maximum absolute atomic E-state index is 12.6. The average molecular weight is 315 g/mol. The minimum Gasteiger partial charge on any atom is -0.207 e. The quantitative estimate of drug-likeness (QED) is 0.939. The molecule has 0 aromatic heterocycles. The van der Waals surface area contributed by atoms with Gasteiger partial charge in [0, 0.05) is 6.04 Å². The molecule has 2 aromatic rings. The highest BCUT2D eigenvalue weighted by atomic mass is 32.2. The van der Waals surface area contributed by atoms with E-state index in [0.29, 0.717) is 4.90 Å². The number of sulfonamides is 1. The van der Waals surface area contributed by atoms with Crippen LogP contribution in [0, 0.1) is 6.92 Å². The van der Waals surface area contributed by atoms with E-state index in [0.717, 1.165) is 17.5 Å². The number of hydrogen-bond acceptors (Lipinski definition) is 2. The molecule has 0 saturated carbocycles. The third kappa shape index (κ3) is 2.69. The first-order valence-electron chi connectivity index (χ1n) is 7.48. The number of rotatable bonds is 3. The molecule has 22 heavy (non-hydrogen) atoms. The Morgan fingerprint density at radius 1 is 1.05 bits per heavy atom. The van der Waals surface area contributed by atoms with Crippen molar-refractivity contribution in [1.29, 1.82) is 0 Å². The van der Waals surface area contributed by atoms with Crippen molar-refractivity contribution >= 4 is 10.0 Å². The van der Waals surface area contributed by atoms with Gasteiger partial charge in [0.05, 0.1) is 4.90 Å². The van der Waals surface area contributed by atoms with Crippen molar-refractivity contribution in [3.63, 3.8) is 0 Å². The minimum absolute atomic E-state index is 0.0168. The van der Waals surface area contributed by atoms with Gasteiger partial charge in [-0.2, -0.15) is 0 Å². The monoisotopic (exact) mass is 315 g/mol. The fourth-order valence-electron chi connectivity index (χ4n) is 3.23. The number of fused-ring (bicyclic) bond motifs is 1. The van der Waals surface area contributed by atoms with Gasteiger partial charge in [0.25, 0.3) is 0 Å². The maximum atomic E-state index is 12.6. The summed E-state index contributed by atoms with van der Waals surface area (Å²) in [6, 6.07) is 14.9. The largest absolute Gasteiger partial charge is 0.241 e. The second kappa shape index (κ2) is 5.21. The molecule has 3 rings (SSSR count). The summed E-state index contributed by atoms with van der Waals surface area (Å²) in [7, 11) is -3.50. The molecule has 0 saturated heterocycles. The zero-order chi connectivity index (χ0) is 16.0. The fourth-order valence-corrected chi connectivity index (χ4v) is 4.44. The molecule has 1 atom stereocenters. The van der Waals surface area contributed by atoms with Crippen molar-refractivity contribution in [3.8, 4) is 0 Å². The first-order chi connectivity index (χ1) is 10.3. The molecular formula is C18H21NO2S. The number of hydrogen-bond donors (Lipinski definition) is 1. The van der Waals surface area contributed by atoms with E-state index in [1.165, 1.54) is 5.56 Å². The molecule has 4 heteroatoms. The van der Waals surface area contributed by atoms with Crippen molar-refractivity contribution in [2.45, 2.75) is 43.5 Å². The summed E-state index contributed by atoms with van der Waals surface area (Å²) in [5.74, 6) is 0. The Balaban J connectivity index is 1.92. The standard InChI is InChI=1S/C18H21NO2S/c1-13-8-10-14(11-9-13)22(20,21)19-17-12-18(2,3)16-7-5-4-6-15(16)17/h4-11,17,19H,12H2,1-3H3. The van der Waals surface area contributed by atoms with Crippen LogP contribution in [0.15, 0.2) is 53.4 Å². The van der Waals surface area contributed by atoms with Crippen LogP contribution >= 0.6 is 0 Å². The molecule has 0 radical (unpaired) electrons. The van der Waals surface area contributed by atoms with E-state index in [2.05, 4.69) is 24.6 Å². The van der Waals surface area contributed by atoms with E-state index in [9.17, 15) is 8.42 Å². The van der Waals surface area contributed by atoms with Crippen LogP contribution in [0.25, 0.3) is 0 Å². The van der Waals surface area contributed by atoms with Crippen LogP contribution in [0.3, 0.4) is 0 Å². The SMILES string of the molecule is Cc1ccc(S(=O)(=O)NC2CC(C)(C)c3ccccc32)cc1. The number of aryl methyl sites for hydroxylation is 1.